The lowest BCUT2D eigenvalue weighted by Crippen LogP contribution is -2.21. The third kappa shape index (κ3) is 4.58. The molecule has 2 aromatic rings. The molecular formula is C21H19F4NO2. The van der Waals surface area contributed by atoms with Crippen LogP contribution >= 0.6 is 0 Å². The Balaban J connectivity index is 1.90. The number of ether oxygens (including phenoxy) is 1. The molecule has 3 rings (SSSR count). The van der Waals surface area contributed by atoms with Crippen molar-refractivity contribution in [3.8, 4) is 0 Å². The maximum absolute atomic E-state index is 13.7. The molecule has 1 heterocycles. The molecule has 0 saturated heterocycles. The molecule has 0 radical (unpaired) electrons. The number of fused-ring (bicyclic) bond motifs is 1. The van der Waals surface area contributed by atoms with Gasteiger partial charge in [-0.25, -0.2) is 9.18 Å². The minimum absolute atomic E-state index is 0.0103. The summed E-state index contributed by atoms with van der Waals surface area (Å²) in [7, 11) is 0. The Bertz CT molecular complexity index is 947. The van der Waals surface area contributed by atoms with Gasteiger partial charge in [-0.2, -0.15) is 13.2 Å². The SMILES string of the molecule is CCOC(=O)/C(=C/C(F)(F)F)C1CC=C(c2ccnc3ccc(F)cc23)CC1. The van der Waals surface area contributed by atoms with Crippen LogP contribution in [0, 0.1) is 11.7 Å². The van der Waals surface area contributed by atoms with Crippen molar-refractivity contribution in [2.24, 2.45) is 5.92 Å². The van der Waals surface area contributed by atoms with Gasteiger partial charge in [0.25, 0.3) is 0 Å². The maximum atomic E-state index is 13.7. The zero-order chi connectivity index (χ0) is 20.3. The smallest absolute Gasteiger partial charge is 0.410 e. The van der Waals surface area contributed by atoms with Crippen LogP contribution in [0.15, 0.2) is 48.2 Å². The average molecular weight is 393 g/mol. The zero-order valence-electron chi connectivity index (χ0n) is 15.2. The molecule has 1 aromatic heterocycles. The molecule has 0 fully saturated rings. The fraction of sp³-hybridized carbons (Fsp3) is 0.333. The lowest BCUT2D eigenvalue weighted by molar-refractivity contribution is -0.140. The second-order valence-electron chi connectivity index (χ2n) is 6.58. The van der Waals surface area contributed by atoms with Gasteiger partial charge in [-0.15, -0.1) is 0 Å². The number of benzene rings is 1. The Morgan fingerprint density at radius 3 is 2.75 bits per heavy atom. The first-order valence-corrected chi connectivity index (χ1v) is 8.98. The Hall–Kier alpha value is -2.70. The third-order valence-corrected chi connectivity index (χ3v) is 4.73. The Morgan fingerprint density at radius 1 is 1.32 bits per heavy atom. The summed E-state index contributed by atoms with van der Waals surface area (Å²) >= 11 is 0. The predicted octanol–water partition coefficient (Wildman–Crippen LogP) is 5.61. The second-order valence-corrected chi connectivity index (χ2v) is 6.58. The molecule has 28 heavy (non-hydrogen) atoms. The van der Waals surface area contributed by atoms with Crippen molar-refractivity contribution in [3.63, 3.8) is 0 Å². The molecule has 0 amide bonds. The van der Waals surface area contributed by atoms with E-state index in [0.717, 1.165) is 11.1 Å². The number of nitrogens with zero attached hydrogens (tertiary/aromatic N) is 1. The number of carbonyl (C=O) groups excluding carboxylic acids is 1. The topological polar surface area (TPSA) is 39.2 Å². The first-order valence-electron chi connectivity index (χ1n) is 8.98. The monoisotopic (exact) mass is 393 g/mol. The van der Waals surface area contributed by atoms with E-state index >= 15 is 0 Å². The molecule has 1 unspecified atom stereocenters. The number of halogens is 4. The van der Waals surface area contributed by atoms with Gasteiger partial charge in [-0.05, 0) is 67.5 Å². The summed E-state index contributed by atoms with van der Waals surface area (Å²) in [5, 5.41) is 0.656. The number of aromatic nitrogens is 1. The van der Waals surface area contributed by atoms with Crippen LogP contribution in [0.25, 0.3) is 16.5 Å². The van der Waals surface area contributed by atoms with Crippen LogP contribution in [0.3, 0.4) is 0 Å². The summed E-state index contributed by atoms with van der Waals surface area (Å²) in [5.74, 6) is -1.89. The van der Waals surface area contributed by atoms with Gasteiger partial charge >= 0.3 is 12.1 Å². The Kier molecular flexibility index (Phi) is 5.82. The highest BCUT2D eigenvalue weighted by Gasteiger charge is 2.32. The first-order chi connectivity index (χ1) is 13.3. The fourth-order valence-electron chi connectivity index (χ4n) is 3.49. The lowest BCUT2D eigenvalue weighted by atomic mass is 9.81. The minimum Gasteiger partial charge on any atom is -0.463 e. The van der Waals surface area contributed by atoms with Gasteiger partial charge < -0.3 is 4.74 Å². The average Bonchev–Trinajstić information content (AvgIpc) is 2.65. The number of alkyl halides is 3. The summed E-state index contributed by atoms with van der Waals surface area (Å²) in [6.07, 6.45) is -0.000214. The van der Waals surface area contributed by atoms with E-state index in [4.69, 9.17) is 4.74 Å². The van der Waals surface area contributed by atoms with Gasteiger partial charge in [0.05, 0.1) is 12.1 Å². The van der Waals surface area contributed by atoms with Crippen LogP contribution < -0.4 is 0 Å². The lowest BCUT2D eigenvalue weighted by Gasteiger charge is -2.24. The molecule has 0 N–H and O–H groups in total. The number of rotatable bonds is 4. The highest BCUT2D eigenvalue weighted by atomic mass is 19.4. The highest BCUT2D eigenvalue weighted by molar-refractivity contribution is 5.92. The number of pyridine rings is 1. The van der Waals surface area contributed by atoms with Gasteiger partial charge in [0.2, 0.25) is 0 Å². The largest absolute Gasteiger partial charge is 0.463 e. The van der Waals surface area contributed by atoms with Crippen LogP contribution in [0.5, 0.6) is 0 Å². The van der Waals surface area contributed by atoms with E-state index in [1.807, 2.05) is 6.08 Å². The molecule has 1 atom stereocenters. The standard InChI is InChI=1S/C21H19F4NO2/c1-2-28-20(27)18(12-21(23,24)25)14-5-3-13(4-6-14)16-9-10-26-19-8-7-15(22)11-17(16)19/h3,7-12,14H,2,4-6H2,1H3/b18-12+. The van der Waals surface area contributed by atoms with E-state index in [1.165, 1.54) is 12.1 Å². The fourth-order valence-corrected chi connectivity index (χ4v) is 3.49. The quantitative estimate of drug-likeness (QED) is 0.385. The molecule has 148 valence electrons. The summed E-state index contributed by atoms with van der Waals surface area (Å²) in [6, 6.07) is 6.09. The molecule has 0 aliphatic heterocycles. The van der Waals surface area contributed by atoms with Crippen molar-refractivity contribution in [3.05, 3.63) is 59.6 Å². The van der Waals surface area contributed by atoms with E-state index < -0.39 is 18.1 Å². The molecular weight excluding hydrogens is 374 g/mol. The normalized spacial score (nSPS) is 18.1. The summed E-state index contributed by atoms with van der Waals surface area (Å²) in [4.78, 5) is 16.2. The third-order valence-electron chi connectivity index (χ3n) is 4.73. The van der Waals surface area contributed by atoms with Crippen LogP contribution in [0.2, 0.25) is 0 Å². The highest BCUT2D eigenvalue weighted by Crippen LogP contribution is 2.37. The minimum atomic E-state index is -4.59. The van der Waals surface area contributed by atoms with Crippen molar-refractivity contribution in [2.45, 2.75) is 32.4 Å². The van der Waals surface area contributed by atoms with Crippen LogP contribution in [0.1, 0.15) is 31.7 Å². The molecule has 0 bridgehead atoms. The number of hydrogen-bond acceptors (Lipinski definition) is 3. The number of hydrogen-bond donors (Lipinski definition) is 0. The van der Waals surface area contributed by atoms with E-state index in [0.29, 0.717) is 23.7 Å². The number of carbonyl (C=O) groups is 1. The predicted molar refractivity (Wildman–Crippen MR) is 97.8 cm³/mol. The van der Waals surface area contributed by atoms with Gasteiger partial charge in [-0.3, -0.25) is 4.98 Å². The maximum Gasteiger partial charge on any atom is 0.410 e. The van der Waals surface area contributed by atoms with Crippen molar-refractivity contribution >= 4 is 22.4 Å². The Morgan fingerprint density at radius 2 is 2.11 bits per heavy atom. The van der Waals surface area contributed by atoms with Crippen molar-refractivity contribution in [1.29, 1.82) is 0 Å². The Labute approximate surface area is 159 Å². The molecule has 0 spiro atoms. The summed E-state index contributed by atoms with van der Waals surface area (Å²) in [5.41, 5.74) is 2.01. The van der Waals surface area contributed by atoms with E-state index in [2.05, 4.69) is 4.98 Å². The van der Waals surface area contributed by atoms with Crippen LogP contribution in [-0.4, -0.2) is 23.7 Å². The molecule has 1 aliphatic carbocycles. The van der Waals surface area contributed by atoms with Crippen molar-refractivity contribution in [1.82, 2.24) is 4.98 Å². The van der Waals surface area contributed by atoms with Crippen LogP contribution in [-0.2, 0) is 9.53 Å². The molecule has 1 aromatic carbocycles. The summed E-state index contributed by atoms with van der Waals surface area (Å²) in [6.45, 7) is 1.56. The van der Waals surface area contributed by atoms with Crippen molar-refractivity contribution in [2.75, 3.05) is 6.61 Å². The molecule has 3 nitrogen and oxygen atoms in total. The van der Waals surface area contributed by atoms with E-state index in [9.17, 15) is 22.4 Å². The van der Waals surface area contributed by atoms with E-state index in [-0.39, 0.29) is 30.5 Å². The number of allylic oxidation sites excluding steroid dienone is 3. The molecule has 0 saturated carbocycles. The second kappa shape index (κ2) is 8.12. The van der Waals surface area contributed by atoms with E-state index in [1.54, 1.807) is 25.3 Å². The van der Waals surface area contributed by atoms with Gasteiger partial charge in [0, 0.05) is 23.2 Å². The zero-order valence-corrected chi connectivity index (χ0v) is 15.2. The first kappa shape index (κ1) is 20.0. The molecule has 7 heteroatoms. The number of esters is 1. The van der Waals surface area contributed by atoms with Crippen LogP contribution in [0.4, 0.5) is 17.6 Å². The van der Waals surface area contributed by atoms with Gasteiger partial charge in [-0.1, -0.05) is 6.08 Å². The van der Waals surface area contributed by atoms with Gasteiger partial charge in [0.1, 0.15) is 5.82 Å². The summed E-state index contributed by atoms with van der Waals surface area (Å²) < 4.78 is 57.1. The van der Waals surface area contributed by atoms with Crippen molar-refractivity contribution < 1.29 is 27.1 Å². The molecule has 1 aliphatic rings. The van der Waals surface area contributed by atoms with Gasteiger partial charge in [0.15, 0.2) is 0 Å².